The van der Waals surface area contributed by atoms with Gasteiger partial charge in [-0.15, -0.1) is 10.2 Å². The largest absolute Gasteiger partial charge is 0.351 e. The van der Waals surface area contributed by atoms with Gasteiger partial charge < -0.3 is 11.1 Å². The summed E-state index contributed by atoms with van der Waals surface area (Å²) in [4.78, 5) is 22.3. The Kier molecular flexibility index (Phi) is 5.56. The Hall–Kier alpha value is -2.13. The van der Waals surface area contributed by atoms with E-state index in [-0.39, 0.29) is 0 Å². The van der Waals surface area contributed by atoms with Crippen LogP contribution in [0.2, 0.25) is 0 Å². The number of primary amides is 1. The first-order chi connectivity index (χ1) is 10.8. The number of thioether (sulfide) groups is 1. The molecule has 2 rings (SSSR count). The fraction of sp³-hybridized carbons (Fsp3) is 0.286. The summed E-state index contributed by atoms with van der Waals surface area (Å²) in [6.07, 6.45) is 0. The predicted molar refractivity (Wildman–Crippen MR) is 92.2 cm³/mol. The predicted octanol–water partition coefficient (Wildman–Crippen LogP) is 2.57. The van der Waals surface area contributed by atoms with Crippen molar-refractivity contribution in [2.24, 2.45) is 5.73 Å². The lowest BCUT2D eigenvalue weighted by molar-refractivity contribution is -0.119. The van der Waals surface area contributed by atoms with Gasteiger partial charge in [-0.05, 0) is 32.4 Å². The standard InChI is InChI=1S/C14H17N5O2S2/c1-7-4-5-10(8(2)6-7)16-13-18-19-14(23-13)22-9(3)11(20)17-12(15)21/h4-6,9H,1-3H3,(H,16,18)(H3,15,17,20,21)/t9-/m0/s1. The number of urea groups is 1. The number of aryl methyl sites for hydroxylation is 2. The van der Waals surface area contributed by atoms with Crippen LogP contribution >= 0.6 is 23.1 Å². The lowest BCUT2D eigenvalue weighted by atomic mass is 10.1. The maximum atomic E-state index is 11.6. The van der Waals surface area contributed by atoms with Gasteiger partial charge in [0.05, 0.1) is 5.25 Å². The molecule has 0 spiro atoms. The first-order valence-corrected chi connectivity index (χ1v) is 8.49. The second kappa shape index (κ2) is 7.42. The molecular weight excluding hydrogens is 334 g/mol. The second-order valence-electron chi connectivity index (χ2n) is 4.93. The van der Waals surface area contributed by atoms with Gasteiger partial charge in [0.1, 0.15) is 0 Å². The fourth-order valence-electron chi connectivity index (χ4n) is 1.80. The van der Waals surface area contributed by atoms with Crippen molar-refractivity contribution in [1.82, 2.24) is 15.5 Å². The lowest BCUT2D eigenvalue weighted by Gasteiger charge is -2.07. The molecule has 0 aliphatic heterocycles. The molecule has 23 heavy (non-hydrogen) atoms. The van der Waals surface area contributed by atoms with Crippen LogP contribution in [0.25, 0.3) is 0 Å². The topological polar surface area (TPSA) is 110 Å². The number of hydrogen-bond donors (Lipinski definition) is 3. The Morgan fingerprint density at radius 3 is 2.70 bits per heavy atom. The van der Waals surface area contributed by atoms with Crippen LogP contribution in [0.4, 0.5) is 15.6 Å². The van der Waals surface area contributed by atoms with E-state index >= 15 is 0 Å². The summed E-state index contributed by atoms with van der Waals surface area (Å²) in [5, 5.41) is 13.5. The number of nitrogens with two attached hydrogens (primary N) is 1. The van der Waals surface area contributed by atoms with Crippen LogP contribution in [-0.4, -0.2) is 27.4 Å². The molecule has 2 aromatic rings. The number of carbonyl (C=O) groups excluding carboxylic acids is 2. The first-order valence-electron chi connectivity index (χ1n) is 6.80. The highest BCUT2D eigenvalue weighted by atomic mass is 32.2. The highest BCUT2D eigenvalue weighted by molar-refractivity contribution is 8.02. The SMILES string of the molecule is Cc1ccc(Nc2nnc(S[C@@H](C)C(=O)NC(N)=O)s2)c(C)c1. The number of anilines is 2. The molecular formula is C14H17N5O2S2. The molecule has 0 aliphatic carbocycles. The van der Waals surface area contributed by atoms with Gasteiger partial charge in [-0.25, -0.2) is 4.79 Å². The van der Waals surface area contributed by atoms with Crippen molar-refractivity contribution in [3.8, 4) is 0 Å². The molecule has 1 atom stereocenters. The van der Waals surface area contributed by atoms with E-state index < -0.39 is 17.2 Å². The highest BCUT2D eigenvalue weighted by Gasteiger charge is 2.18. The van der Waals surface area contributed by atoms with Crippen molar-refractivity contribution in [3.63, 3.8) is 0 Å². The van der Waals surface area contributed by atoms with Crippen molar-refractivity contribution in [3.05, 3.63) is 29.3 Å². The lowest BCUT2D eigenvalue weighted by Crippen LogP contribution is -2.39. The highest BCUT2D eigenvalue weighted by Crippen LogP contribution is 2.31. The summed E-state index contributed by atoms with van der Waals surface area (Å²) < 4.78 is 0.629. The minimum Gasteiger partial charge on any atom is -0.351 e. The Bertz CT molecular complexity index is 732. The van der Waals surface area contributed by atoms with Gasteiger partial charge >= 0.3 is 6.03 Å². The molecule has 1 aromatic carbocycles. The van der Waals surface area contributed by atoms with Gasteiger partial charge in [0, 0.05) is 5.69 Å². The summed E-state index contributed by atoms with van der Waals surface area (Å²) in [6.45, 7) is 5.72. The van der Waals surface area contributed by atoms with Gasteiger partial charge in [-0.3, -0.25) is 10.1 Å². The van der Waals surface area contributed by atoms with Gasteiger partial charge in [0.15, 0.2) is 4.34 Å². The molecule has 0 radical (unpaired) electrons. The molecule has 0 saturated carbocycles. The minimum absolute atomic E-state index is 0.457. The quantitative estimate of drug-likeness (QED) is 0.714. The van der Waals surface area contributed by atoms with Crippen LogP contribution in [0, 0.1) is 13.8 Å². The summed E-state index contributed by atoms with van der Waals surface area (Å²) >= 11 is 2.56. The number of rotatable bonds is 5. The zero-order chi connectivity index (χ0) is 17.0. The van der Waals surface area contributed by atoms with Crippen LogP contribution in [0.1, 0.15) is 18.1 Å². The third-order valence-corrected chi connectivity index (χ3v) is 4.95. The van der Waals surface area contributed by atoms with E-state index in [1.165, 1.54) is 28.7 Å². The Morgan fingerprint density at radius 1 is 1.30 bits per heavy atom. The van der Waals surface area contributed by atoms with Crippen LogP contribution < -0.4 is 16.4 Å². The van der Waals surface area contributed by atoms with Crippen molar-refractivity contribution in [2.45, 2.75) is 30.4 Å². The van der Waals surface area contributed by atoms with Gasteiger partial charge in [0.25, 0.3) is 0 Å². The van der Waals surface area contributed by atoms with Crippen molar-refractivity contribution < 1.29 is 9.59 Å². The summed E-state index contributed by atoms with van der Waals surface area (Å²) in [5.41, 5.74) is 8.19. The minimum atomic E-state index is -0.864. The maximum Gasteiger partial charge on any atom is 0.318 e. The van der Waals surface area contributed by atoms with Gasteiger partial charge in [0.2, 0.25) is 11.0 Å². The maximum absolute atomic E-state index is 11.6. The van der Waals surface area contributed by atoms with E-state index in [2.05, 4.69) is 21.6 Å². The number of hydrogen-bond acceptors (Lipinski definition) is 7. The van der Waals surface area contributed by atoms with E-state index in [9.17, 15) is 9.59 Å². The Morgan fingerprint density at radius 2 is 2.04 bits per heavy atom. The zero-order valence-corrected chi connectivity index (χ0v) is 14.5. The molecule has 0 unspecified atom stereocenters. The number of imide groups is 1. The third kappa shape index (κ3) is 4.93. The molecule has 1 aromatic heterocycles. The summed E-state index contributed by atoms with van der Waals surface area (Å²) in [7, 11) is 0. The van der Waals surface area contributed by atoms with Crippen molar-refractivity contribution in [2.75, 3.05) is 5.32 Å². The molecule has 0 fully saturated rings. The summed E-state index contributed by atoms with van der Waals surface area (Å²) in [6, 6.07) is 5.22. The van der Waals surface area contributed by atoms with Crippen molar-refractivity contribution >= 4 is 45.9 Å². The molecule has 9 heteroatoms. The number of nitrogens with one attached hydrogen (secondary N) is 2. The second-order valence-corrected chi connectivity index (χ2v) is 7.50. The van der Waals surface area contributed by atoms with Crippen LogP contribution in [-0.2, 0) is 4.79 Å². The monoisotopic (exact) mass is 351 g/mol. The molecule has 3 amide bonds. The van der Waals surface area contributed by atoms with Crippen molar-refractivity contribution in [1.29, 1.82) is 0 Å². The van der Waals surface area contributed by atoms with Crippen LogP contribution in [0.3, 0.4) is 0 Å². The zero-order valence-electron chi connectivity index (χ0n) is 12.9. The third-order valence-electron chi connectivity index (χ3n) is 2.92. The number of benzene rings is 1. The van der Waals surface area contributed by atoms with E-state index in [0.29, 0.717) is 9.47 Å². The molecule has 0 aliphatic rings. The molecule has 0 saturated heterocycles. The van der Waals surface area contributed by atoms with Crippen LogP contribution in [0.15, 0.2) is 22.5 Å². The van der Waals surface area contributed by atoms with Crippen LogP contribution in [0.5, 0.6) is 0 Å². The molecule has 4 N–H and O–H groups in total. The number of carbonyl (C=O) groups is 2. The van der Waals surface area contributed by atoms with E-state index in [0.717, 1.165) is 11.3 Å². The number of amides is 3. The Labute approximate surface area is 142 Å². The van der Waals surface area contributed by atoms with E-state index in [1.807, 2.05) is 31.3 Å². The Balaban J connectivity index is 2.00. The smallest absolute Gasteiger partial charge is 0.318 e. The molecule has 1 heterocycles. The average Bonchev–Trinajstić information content (AvgIpc) is 2.88. The molecule has 7 nitrogen and oxygen atoms in total. The van der Waals surface area contributed by atoms with E-state index in [1.54, 1.807) is 6.92 Å². The van der Waals surface area contributed by atoms with E-state index in [4.69, 9.17) is 5.73 Å². The summed E-state index contributed by atoms with van der Waals surface area (Å²) in [5.74, 6) is -0.457. The average molecular weight is 351 g/mol. The number of aromatic nitrogens is 2. The van der Waals surface area contributed by atoms with Gasteiger partial charge in [-0.1, -0.05) is 40.8 Å². The fourth-order valence-corrected chi connectivity index (χ4v) is 3.71. The normalized spacial score (nSPS) is 11.8. The van der Waals surface area contributed by atoms with Gasteiger partial charge in [-0.2, -0.15) is 0 Å². The number of nitrogens with zero attached hydrogens (tertiary/aromatic N) is 2. The first kappa shape index (κ1) is 17.2. The molecule has 122 valence electrons. The molecule has 0 bridgehead atoms.